The Bertz CT molecular complexity index is 1000. The van der Waals surface area contributed by atoms with Gasteiger partial charge in [0.05, 0.1) is 0 Å². The SMILES string of the molecule is O=C(Cn1nnc(-c2c[nH]c3ccccc23)n1)NCc1ccccc1. The zero-order chi connectivity index (χ0) is 17.1. The summed E-state index contributed by atoms with van der Waals surface area (Å²) >= 11 is 0. The lowest BCUT2D eigenvalue weighted by atomic mass is 10.2. The Labute approximate surface area is 143 Å². The summed E-state index contributed by atoms with van der Waals surface area (Å²) in [5.41, 5.74) is 2.92. The summed E-state index contributed by atoms with van der Waals surface area (Å²) in [6, 6.07) is 17.6. The predicted molar refractivity (Wildman–Crippen MR) is 93.4 cm³/mol. The normalized spacial score (nSPS) is 10.9. The number of amides is 1. The smallest absolute Gasteiger partial charge is 0.243 e. The molecule has 1 amide bonds. The summed E-state index contributed by atoms with van der Waals surface area (Å²) in [4.78, 5) is 16.5. The fourth-order valence-electron chi connectivity index (χ4n) is 2.66. The molecule has 0 aliphatic rings. The van der Waals surface area contributed by atoms with E-state index in [1.165, 1.54) is 4.80 Å². The fourth-order valence-corrected chi connectivity index (χ4v) is 2.66. The molecule has 7 nitrogen and oxygen atoms in total. The minimum atomic E-state index is -0.160. The molecule has 2 heterocycles. The van der Waals surface area contributed by atoms with Crippen LogP contribution in [0.4, 0.5) is 0 Å². The molecule has 0 spiro atoms. The number of hydrogen-bond donors (Lipinski definition) is 2. The van der Waals surface area contributed by atoms with Crippen LogP contribution in [0.3, 0.4) is 0 Å². The minimum Gasteiger partial charge on any atom is -0.360 e. The summed E-state index contributed by atoms with van der Waals surface area (Å²) in [5, 5.41) is 16.2. The second-order valence-corrected chi connectivity index (χ2v) is 5.65. The third-order valence-electron chi connectivity index (χ3n) is 3.90. The topological polar surface area (TPSA) is 88.5 Å². The molecule has 0 saturated carbocycles. The molecule has 0 atom stereocenters. The second kappa shape index (κ2) is 6.56. The van der Waals surface area contributed by atoms with Crippen LogP contribution in [-0.2, 0) is 17.9 Å². The lowest BCUT2D eigenvalue weighted by Crippen LogP contribution is -2.28. The monoisotopic (exact) mass is 332 g/mol. The van der Waals surface area contributed by atoms with Crippen molar-refractivity contribution in [2.24, 2.45) is 0 Å². The number of aromatic nitrogens is 5. The molecule has 0 fully saturated rings. The Morgan fingerprint density at radius 3 is 2.76 bits per heavy atom. The molecular weight excluding hydrogens is 316 g/mol. The maximum atomic E-state index is 12.0. The summed E-state index contributed by atoms with van der Waals surface area (Å²) in [6.45, 7) is 0.506. The molecule has 0 aliphatic carbocycles. The van der Waals surface area contributed by atoms with Crippen LogP contribution in [0.25, 0.3) is 22.3 Å². The van der Waals surface area contributed by atoms with Crippen molar-refractivity contribution < 1.29 is 4.79 Å². The number of benzene rings is 2. The van der Waals surface area contributed by atoms with Gasteiger partial charge in [-0.25, -0.2) is 0 Å². The third-order valence-corrected chi connectivity index (χ3v) is 3.90. The number of fused-ring (bicyclic) bond motifs is 1. The van der Waals surface area contributed by atoms with Crippen LogP contribution < -0.4 is 5.32 Å². The van der Waals surface area contributed by atoms with Crippen LogP contribution in [0.15, 0.2) is 60.8 Å². The zero-order valence-electron chi connectivity index (χ0n) is 13.4. The van der Waals surface area contributed by atoms with Crippen LogP contribution >= 0.6 is 0 Å². The largest absolute Gasteiger partial charge is 0.360 e. The van der Waals surface area contributed by atoms with Gasteiger partial charge in [0.2, 0.25) is 11.7 Å². The number of aromatic amines is 1. The Morgan fingerprint density at radius 1 is 1.08 bits per heavy atom. The molecule has 2 aromatic heterocycles. The van der Waals surface area contributed by atoms with Crippen molar-refractivity contribution in [3.63, 3.8) is 0 Å². The van der Waals surface area contributed by atoms with Crippen LogP contribution in [0.5, 0.6) is 0 Å². The average Bonchev–Trinajstić information content (AvgIpc) is 3.27. The molecule has 0 unspecified atom stereocenters. The lowest BCUT2D eigenvalue weighted by molar-refractivity contribution is -0.122. The highest BCUT2D eigenvalue weighted by molar-refractivity contribution is 5.93. The van der Waals surface area contributed by atoms with Crippen LogP contribution in [0.1, 0.15) is 5.56 Å². The Morgan fingerprint density at radius 2 is 1.88 bits per heavy atom. The molecule has 0 aliphatic heterocycles. The lowest BCUT2D eigenvalue weighted by Gasteiger charge is -2.04. The van der Waals surface area contributed by atoms with Gasteiger partial charge in [-0.3, -0.25) is 4.79 Å². The van der Waals surface area contributed by atoms with Gasteiger partial charge in [0.15, 0.2) is 0 Å². The number of rotatable bonds is 5. The van der Waals surface area contributed by atoms with E-state index < -0.39 is 0 Å². The van der Waals surface area contributed by atoms with Crippen molar-refractivity contribution in [3.05, 3.63) is 66.4 Å². The molecule has 0 radical (unpaired) electrons. The number of H-pyrrole nitrogens is 1. The molecule has 124 valence electrons. The van der Waals surface area contributed by atoms with E-state index in [0.717, 1.165) is 22.0 Å². The average molecular weight is 332 g/mol. The number of carbonyl (C=O) groups is 1. The van der Waals surface area contributed by atoms with E-state index >= 15 is 0 Å². The number of tetrazole rings is 1. The first kappa shape index (κ1) is 15.1. The molecule has 0 bridgehead atoms. The van der Waals surface area contributed by atoms with Crippen LogP contribution in [0.2, 0.25) is 0 Å². The molecule has 4 rings (SSSR count). The van der Waals surface area contributed by atoms with E-state index in [1.54, 1.807) is 0 Å². The number of hydrogen-bond acceptors (Lipinski definition) is 4. The van der Waals surface area contributed by atoms with E-state index in [-0.39, 0.29) is 12.5 Å². The number of carbonyl (C=O) groups excluding carboxylic acids is 1. The van der Waals surface area contributed by atoms with E-state index in [2.05, 4.69) is 25.7 Å². The molecule has 0 saturated heterocycles. The summed E-state index contributed by atoms with van der Waals surface area (Å²) in [5.74, 6) is 0.333. The van der Waals surface area contributed by atoms with Gasteiger partial charge in [0.1, 0.15) is 6.54 Å². The van der Waals surface area contributed by atoms with Crippen molar-refractivity contribution in [1.29, 1.82) is 0 Å². The quantitative estimate of drug-likeness (QED) is 0.586. The third kappa shape index (κ3) is 3.25. The first-order valence-corrected chi connectivity index (χ1v) is 7.94. The van der Waals surface area contributed by atoms with Gasteiger partial charge in [0.25, 0.3) is 0 Å². The Balaban J connectivity index is 1.44. The number of para-hydroxylation sites is 1. The van der Waals surface area contributed by atoms with E-state index in [1.807, 2.05) is 60.8 Å². The van der Waals surface area contributed by atoms with Gasteiger partial charge in [-0.1, -0.05) is 48.5 Å². The molecular formula is C18H16N6O. The number of nitrogens with one attached hydrogen (secondary N) is 2. The number of nitrogens with zero attached hydrogens (tertiary/aromatic N) is 4. The van der Waals surface area contributed by atoms with E-state index in [4.69, 9.17) is 0 Å². The van der Waals surface area contributed by atoms with Gasteiger partial charge in [-0.2, -0.15) is 4.80 Å². The van der Waals surface area contributed by atoms with E-state index in [9.17, 15) is 4.79 Å². The predicted octanol–water partition coefficient (Wildman–Crippen LogP) is 2.14. The molecule has 4 aromatic rings. The standard InChI is InChI=1S/C18H16N6O/c25-17(20-10-13-6-2-1-3-7-13)12-24-22-18(21-23-24)15-11-19-16-9-5-4-8-14(15)16/h1-9,11,19H,10,12H2,(H,20,25). The summed E-state index contributed by atoms with van der Waals surface area (Å²) in [7, 11) is 0. The summed E-state index contributed by atoms with van der Waals surface area (Å²) < 4.78 is 0. The zero-order valence-corrected chi connectivity index (χ0v) is 13.4. The maximum Gasteiger partial charge on any atom is 0.243 e. The molecule has 7 heteroatoms. The highest BCUT2D eigenvalue weighted by atomic mass is 16.2. The van der Waals surface area contributed by atoms with Crippen LogP contribution in [-0.4, -0.2) is 31.1 Å². The highest BCUT2D eigenvalue weighted by Gasteiger charge is 2.12. The second-order valence-electron chi connectivity index (χ2n) is 5.65. The van der Waals surface area contributed by atoms with Crippen molar-refractivity contribution in [3.8, 4) is 11.4 Å². The van der Waals surface area contributed by atoms with E-state index in [0.29, 0.717) is 12.4 Å². The van der Waals surface area contributed by atoms with Gasteiger partial charge in [-0.15, -0.1) is 10.2 Å². The molecule has 2 aromatic carbocycles. The van der Waals surface area contributed by atoms with Gasteiger partial charge >= 0.3 is 0 Å². The van der Waals surface area contributed by atoms with Gasteiger partial charge < -0.3 is 10.3 Å². The van der Waals surface area contributed by atoms with Gasteiger partial charge in [-0.05, 0) is 16.8 Å². The minimum absolute atomic E-state index is 0.0299. The molecule has 2 N–H and O–H groups in total. The maximum absolute atomic E-state index is 12.0. The van der Waals surface area contributed by atoms with Crippen molar-refractivity contribution in [2.75, 3.05) is 0 Å². The van der Waals surface area contributed by atoms with Gasteiger partial charge in [0, 0.05) is 29.2 Å². The van der Waals surface area contributed by atoms with Crippen molar-refractivity contribution in [2.45, 2.75) is 13.1 Å². The highest BCUT2D eigenvalue weighted by Crippen LogP contribution is 2.24. The molecule has 25 heavy (non-hydrogen) atoms. The first-order valence-electron chi connectivity index (χ1n) is 7.94. The fraction of sp³-hybridized carbons (Fsp3) is 0.111. The van der Waals surface area contributed by atoms with Crippen molar-refractivity contribution >= 4 is 16.8 Å². The van der Waals surface area contributed by atoms with Crippen molar-refractivity contribution in [1.82, 2.24) is 30.5 Å². The Hall–Kier alpha value is -3.48. The summed E-state index contributed by atoms with van der Waals surface area (Å²) in [6.07, 6.45) is 1.85. The first-order chi connectivity index (χ1) is 12.3. The Kier molecular flexibility index (Phi) is 3.96. The van der Waals surface area contributed by atoms with Crippen LogP contribution in [0, 0.1) is 0 Å².